The van der Waals surface area contributed by atoms with Crippen LogP contribution in [0, 0.1) is 13.8 Å². The second-order valence-electron chi connectivity index (χ2n) is 7.94. The number of alkyl halides is 3. The van der Waals surface area contributed by atoms with Crippen LogP contribution in [0.5, 0.6) is 0 Å². The number of amides is 1. The van der Waals surface area contributed by atoms with E-state index in [-0.39, 0.29) is 22.6 Å². The van der Waals surface area contributed by atoms with Crippen LogP contribution in [-0.2, 0) is 15.7 Å². The molecular formula is C24H23F3N4O3. The van der Waals surface area contributed by atoms with Gasteiger partial charge < -0.3 is 15.0 Å². The van der Waals surface area contributed by atoms with Crippen LogP contribution in [0.25, 0.3) is 5.69 Å². The Hall–Kier alpha value is -3.66. The number of aromatic nitrogens is 2. The Balaban J connectivity index is 1.52. The monoisotopic (exact) mass is 472 g/mol. The van der Waals surface area contributed by atoms with Crippen LogP contribution in [0.3, 0.4) is 0 Å². The Bertz CT molecular complexity index is 1210. The van der Waals surface area contributed by atoms with E-state index < -0.39 is 23.4 Å². The minimum Gasteiger partial charge on any atom is -0.378 e. The first-order chi connectivity index (χ1) is 16.1. The van der Waals surface area contributed by atoms with Crippen LogP contribution >= 0.6 is 0 Å². The Morgan fingerprint density at radius 1 is 1.00 bits per heavy atom. The highest BCUT2D eigenvalue weighted by molar-refractivity contribution is 6.47. The Morgan fingerprint density at radius 2 is 1.68 bits per heavy atom. The predicted octanol–water partition coefficient (Wildman–Crippen LogP) is 4.17. The van der Waals surface area contributed by atoms with Crippen LogP contribution in [0.1, 0.15) is 27.3 Å². The van der Waals surface area contributed by atoms with Gasteiger partial charge >= 0.3 is 6.18 Å². The maximum absolute atomic E-state index is 13.1. The third kappa shape index (κ3) is 4.81. The van der Waals surface area contributed by atoms with Gasteiger partial charge in [-0.25, -0.2) is 4.68 Å². The van der Waals surface area contributed by atoms with Crippen LogP contribution in [0.4, 0.5) is 24.5 Å². The zero-order valence-electron chi connectivity index (χ0n) is 18.6. The van der Waals surface area contributed by atoms with Crippen molar-refractivity contribution in [3.8, 4) is 5.69 Å². The summed E-state index contributed by atoms with van der Waals surface area (Å²) in [6, 6.07) is 11.8. The molecule has 0 radical (unpaired) electrons. The third-order valence-corrected chi connectivity index (χ3v) is 5.64. The number of benzene rings is 2. The number of Topliss-reactive ketones (excluding diaryl/α,β-unsaturated/α-hetero) is 1. The smallest absolute Gasteiger partial charge is 0.378 e. The highest BCUT2D eigenvalue weighted by Gasteiger charge is 2.31. The van der Waals surface area contributed by atoms with E-state index in [0.29, 0.717) is 18.9 Å². The maximum Gasteiger partial charge on any atom is 0.416 e. The lowest BCUT2D eigenvalue weighted by Crippen LogP contribution is -2.36. The molecule has 1 amide bonds. The topological polar surface area (TPSA) is 76.5 Å². The Kier molecular flexibility index (Phi) is 6.43. The van der Waals surface area contributed by atoms with Crippen molar-refractivity contribution in [1.82, 2.24) is 9.78 Å². The van der Waals surface area contributed by atoms with Gasteiger partial charge in [-0.3, -0.25) is 9.59 Å². The first-order valence-electron chi connectivity index (χ1n) is 10.7. The van der Waals surface area contributed by atoms with Crippen LogP contribution < -0.4 is 10.2 Å². The van der Waals surface area contributed by atoms with Crippen LogP contribution in [0.15, 0.2) is 48.5 Å². The molecule has 1 aliphatic heterocycles. The molecule has 4 rings (SSSR count). The summed E-state index contributed by atoms with van der Waals surface area (Å²) < 4.78 is 45.9. The van der Waals surface area contributed by atoms with E-state index in [1.807, 2.05) is 12.1 Å². The summed E-state index contributed by atoms with van der Waals surface area (Å²) in [5, 5.41) is 6.80. The average Bonchev–Trinajstić information content (AvgIpc) is 3.13. The van der Waals surface area contributed by atoms with Gasteiger partial charge in [0.05, 0.1) is 41.4 Å². The Labute approximate surface area is 194 Å². The number of halogens is 3. The van der Waals surface area contributed by atoms with Gasteiger partial charge in [0.15, 0.2) is 0 Å². The summed E-state index contributed by atoms with van der Waals surface area (Å²) in [7, 11) is 0. The zero-order chi connectivity index (χ0) is 24.5. The number of hydrogen-bond donors (Lipinski definition) is 1. The summed E-state index contributed by atoms with van der Waals surface area (Å²) in [4.78, 5) is 27.7. The fourth-order valence-corrected chi connectivity index (χ4v) is 3.92. The molecule has 178 valence electrons. The molecule has 10 heteroatoms. The summed E-state index contributed by atoms with van der Waals surface area (Å²) in [5.41, 5.74) is 1.34. The normalized spacial score (nSPS) is 14.2. The fraction of sp³-hybridized carbons (Fsp3) is 0.292. The molecular weight excluding hydrogens is 449 g/mol. The molecule has 0 unspecified atom stereocenters. The number of ketones is 1. The molecule has 0 bridgehead atoms. The number of nitrogens with one attached hydrogen (secondary N) is 1. The van der Waals surface area contributed by atoms with E-state index in [1.165, 1.54) is 30.7 Å². The van der Waals surface area contributed by atoms with Crippen molar-refractivity contribution in [2.75, 3.05) is 36.5 Å². The molecule has 1 aliphatic rings. The van der Waals surface area contributed by atoms with Gasteiger partial charge in [0.25, 0.3) is 11.7 Å². The van der Waals surface area contributed by atoms with E-state index in [1.54, 1.807) is 12.1 Å². The number of carbonyl (C=O) groups excluding carboxylic acids is 2. The fourth-order valence-electron chi connectivity index (χ4n) is 3.92. The second kappa shape index (κ2) is 9.30. The van der Waals surface area contributed by atoms with Gasteiger partial charge in [-0.15, -0.1) is 0 Å². The quantitative estimate of drug-likeness (QED) is 0.446. The average molecular weight is 472 g/mol. The van der Waals surface area contributed by atoms with Crippen molar-refractivity contribution < 1.29 is 27.5 Å². The van der Waals surface area contributed by atoms with Crippen LogP contribution in [-0.4, -0.2) is 47.8 Å². The highest BCUT2D eigenvalue weighted by Crippen LogP contribution is 2.31. The van der Waals surface area contributed by atoms with Crippen molar-refractivity contribution in [2.45, 2.75) is 20.0 Å². The first kappa shape index (κ1) is 23.5. The van der Waals surface area contributed by atoms with Gasteiger partial charge in [-0.05, 0) is 56.3 Å². The van der Waals surface area contributed by atoms with Gasteiger partial charge in [0.1, 0.15) is 0 Å². The molecule has 0 saturated carbocycles. The summed E-state index contributed by atoms with van der Waals surface area (Å²) >= 11 is 0. The number of carbonyl (C=O) groups is 2. The van der Waals surface area contributed by atoms with E-state index >= 15 is 0 Å². The molecule has 2 aromatic carbocycles. The van der Waals surface area contributed by atoms with E-state index in [4.69, 9.17) is 4.74 Å². The lowest BCUT2D eigenvalue weighted by Gasteiger charge is -2.28. The molecule has 7 nitrogen and oxygen atoms in total. The van der Waals surface area contributed by atoms with Gasteiger partial charge in [0, 0.05) is 24.5 Å². The van der Waals surface area contributed by atoms with E-state index in [9.17, 15) is 22.8 Å². The molecule has 0 aliphatic carbocycles. The summed E-state index contributed by atoms with van der Waals surface area (Å²) in [6.07, 6.45) is -4.51. The second-order valence-corrected chi connectivity index (χ2v) is 7.94. The SMILES string of the molecule is Cc1nn(-c2cccc(C(F)(F)F)c2)c(C)c1C(=O)C(=O)Nc1ccc(N2CCOCC2)cc1. The number of aryl methyl sites for hydroxylation is 1. The van der Waals surface area contributed by atoms with Gasteiger partial charge in [0.2, 0.25) is 0 Å². The number of hydrogen-bond acceptors (Lipinski definition) is 5. The minimum atomic E-state index is -4.51. The van der Waals surface area contributed by atoms with Gasteiger partial charge in [-0.1, -0.05) is 6.07 Å². The Morgan fingerprint density at radius 3 is 2.32 bits per heavy atom. The van der Waals surface area contributed by atoms with E-state index in [0.717, 1.165) is 30.9 Å². The molecule has 0 atom stereocenters. The molecule has 2 heterocycles. The molecule has 0 spiro atoms. The summed E-state index contributed by atoms with van der Waals surface area (Å²) in [5.74, 6) is -1.67. The molecule has 1 aromatic heterocycles. The number of rotatable bonds is 5. The van der Waals surface area contributed by atoms with Crippen molar-refractivity contribution in [2.24, 2.45) is 0 Å². The standard InChI is InChI=1S/C24H23F3N4O3/c1-15-21(16(2)31(29-15)20-5-3-4-17(14-20)24(25,26)27)22(32)23(33)28-18-6-8-19(9-7-18)30-10-12-34-13-11-30/h3-9,14H,10-13H2,1-2H3,(H,28,33). The van der Waals surface area contributed by atoms with Crippen molar-refractivity contribution in [1.29, 1.82) is 0 Å². The van der Waals surface area contributed by atoms with Gasteiger partial charge in [-0.2, -0.15) is 18.3 Å². The molecule has 1 N–H and O–H groups in total. The predicted molar refractivity (Wildman–Crippen MR) is 120 cm³/mol. The number of anilines is 2. The lowest BCUT2D eigenvalue weighted by molar-refractivity contribution is -0.137. The lowest BCUT2D eigenvalue weighted by atomic mass is 10.1. The number of morpholine rings is 1. The zero-order valence-corrected chi connectivity index (χ0v) is 18.6. The maximum atomic E-state index is 13.1. The largest absolute Gasteiger partial charge is 0.416 e. The van der Waals surface area contributed by atoms with Crippen molar-refractivity contribution >= 4 is 23.1 Å². The molecule has 1 saturated heterocycles. The van der Waals surface area contributed by atoms with E-state index in [2.05, 4.69) is 15.3 Å². The van der Waals surface area contributed by atoms with Crippen molar-refractivity contribution in [3.63, 3.8) is 0 Å². The minimum absolute atomic E-state index is 0.0554. The first-order valence-corrected chi connectivity index (χ1v) is 10.7. The van der Waals surface area contributed by atoms with Crippen LogP contribution in [0.2, 0.25) is 0 Å². The molecule has 34 heavy (non-hydrogen) atoms. The summed E-state index contributed by atoms with van der Waals surface area (Å²) in [6.45, 7) is 5.93. The van der Waals surface area contributed by atoms with Crippen molar-refractivity contribution in [3.05, 3.63) is 71.0 Å². The molecule has 1 fully saturated rings. The molecule has 3 aromatic rings. The number of ether oxygens (including phenoxy) is 1. The highest BCUT2D eigenvalue weighted by atomic mass is 19.4. The number of nitrogens with zero attached hydrogens (tertiary/aromatic N) is 3. The third-order valence-electron chi connectivity index (χ3n) is 5.64.